The molecule has 0 bridgehead atoms. The molecule has 2 atom stereocenters. The van der Waals surface area contributed by atoms with E-state index in [4.69, 9.17) is 0 Å². The van der Waals surface area contributed by atoms with Gasteiger partial charge in [0.2, 0.25) is 0 Å². The van der Waals surface area contributed by atoms with Gasteiger partial charge in [-0.1, -0.05) is 35.4 Å². The molecular weight excluding hydrogens is 204 g/mol. The molecule has 2 heteroatoms. The van der Waals surface area contributed by atoms with Crippen molar-refractivity contribution in [2.24, 2.45) is 0 Å². The van der Waals surface area contributed by atoms with E-state index in [9.17, 15) is 0 Å². The summed E-state index contributed by atoms with van der Waals surface area (Å²) in [6.45, 7) is 5.98. The largest absolute Gasteiger partial charge is 0.103 e. The molecule has 0 saturated heterocycles. The first-order valence-corrected chi connectivity index (χ1v) is 6.04. The van der Waals surface area contributed by atoms with Gasteiger partial charge >= 0.3 is 0 Å². The fourth-order valence-corrected chi connectivity index (χ4v) is 2.31. The van der Waals surface area contributed by atoms with Crippen molar-refractivity contribution < 1.29 is 0 Å². The van der Waals surface area contributed by atoms with E-state index in [1.54, 1.807) is 0 Å². The van der Waals surface area contributed by atoms with Crippen molar-refractivity contribution in [1.82, 2.24) is 0 Å². The molecule has 0 aliphatic carbocycles. The lowest BCUT2D eigenvalue weighted by Crippen LogP contribution is -2.06. The quantitative estimate of drug-likeness (QED) is 0.379. The normalized spacial score (nSPS) is 16.6. The van der Waals surface area contributed by atoms with Crippen LogP contribution in [0.25, 0.3) is 0 Å². The molecule has 60 valence electrons. The summed E-state index contributed by atoms with van der Waals surface area (Å²) in [4.78, 5) is 0.738. The Balaban J connectivity index is 3.47. The minimum Gasteiger partial charge on any atom is -0.103 e. The highest BCUT2D eigenvalue weighted by molar-refractivity contribution is 9.09. The maximum atomic E-state index is 3.74. The topological polar surface area (TPSA) is 0 Å². The third-order valence-electron chi connectivity index (χ3n) is 1.72. The number of alkyl halides is 1. The second kappa shape index (κ2) is 6.17. The molecular formula is C8H17BrSi. The summed E-state index contributed by atoms with van der Waals surface area (Å²) in [6, 6.07) is 0. The number of halogens is 1. The Morgan fingerprint density at radius 2 is 2.30 bits per heavy atom. The minimum atomic E-state index is 0.738. The van der Waals surface area contributed by atoms with Gasteiger partial charge < -0.3 is 0 Å². The van der Waals surface area contributed by atoms with Gasteiger partial charge in [-0.3, -0.25) is 0 Å². The Kier molecular flexibility index (Phi) is 6.44. The Hall–Kier alpha value is 0.437. The van der Waals surface area contributed by atoms with E-state index in [1.165, 1.54) is 29.5 Å². The summed E-state index contributed by atoms with van der Waals surface area (Å²) in [5.74, 6) is 0. The Labute approximate surface area is 75.6 Å². The minimum absolute atomic E-state index is 0.738. The molecule has 0 fully saturated rings. The van der Waals surface area contributed by atoms with E-state index in [1.807, 2.05) is 6.08 Å². The van der Waals surface area contributed by atoms with Gasteiger partial charge in [0.1, 0.15) is 0 Å². The number of hydrogen-bond donors (Lipinski definition) is 0. The van der Waals surface area contributed by atoms with E-state index in [0.717, 1.165) is 10.4 Å². The summed E-state index contributed by atoms with van der Waals surface area (Å²) >= 11 is 3.69. The molecule has 0 spiro atoms. The summed E-state index contributed by atoms with van der Waals surface area (Å²) in [7, 11) is 1.28. The summed E-state index contributed by atoms with van der Waals surface area (Å²) in [6.07, 6.45) is 5.80. The zero-order chi connectivity index (χ0) is 7.98. The van der Waals surface area contributed by atoms with Gasteiger partial charge in [0, 0.05) is 15.1 Å². The van der Waals surface area contributed by atoms with Crippen molar-refractivity contribution in [1.29, 1.82) is 0 Å². The molecule has 0 saturated carbocycles. The van der Waals surface area contributed by atoms with Crippen LogP contribution < -0.4 is 0 Å². The summed E-state index contributed by atoms with van der Waals surface area (Å²) in [5.41, 5.74) is 0.873. The van der Waals surface area contributed by atoms with Crippen LogP contribution in [0.1, 0.15) is 26.2 Å². The second-order valence-corrected chi connectivity index (χ2v) is 5.47. The van der Waals surface area contributed by atoms with E-state index < -0.39 is 0 Å². The van der Waals surface area contributed by atoms with Crippen molar-refractivity contribution in [3.05, 3.63) is 12.7 Å². The van der Waals surface area contributed by atoms with Crippen LogP contribution in [-0.4, -0.2) is 15.1 Å². The first-order valence-electron chi connectivity index (χ1n) is 3.97. The third-order valence-corrected chi connectivity index (χ3v) is 5.33. The molecule has 10 heavy (non-hydrogen) atoms. The monoisotopic (exact) mass is 220 g/mol. The van der Waals surface area contributed by atoms with Crippen LogP contribution in [0.3, 0.4) is 0 Å². The van der Waals surface area contributed by atoms with Crippen LogP contribution in [-0.2, 0) is 0 Å². The van der Waals surface area contributed by atoms with Crippen molar-refractivity contribution in [3.63, 3.8) is 0 Å². The Morgan fingerprint density at radius 3 is 2.70 bits per heavy atom. The second-order valence-electron chi connectivity index (χ2n) is 2.81. The van der Waals surface area contributed by atoms with Gasteiger partial charge in [0.15, 0.2) is 0 Å². The van der Waals surface area contributed by atoms with E-state index in [2.05, 4.69) is 29.4 Å². The highest BCUT2D eigenvalue weighted by Gasteiger charge is 2.10. The molecule has 0 aromatic rings. The molecule has 0 radical (unpaired) electrons. The van der Waals surface area contributed by atoms with Crippen molar-refractivity contribution in [3.8, 4) is 0 Å². The molecule has 0 N–H and O–H groups in total. The number of rotatable bonds is 5. The summed E-state index contributed by atoms with van der Waals surface area (Å²) < 4.78 is 0. The highest BCUT2D eigenvalue weighted by atomic mass is 79.9. The molecule has 0 rings (SSSR count). The lowest BCUT2D eigenvalue weighted by Gasteiger charge is -2.14. The SMILES string of the molecule is C=CCC([SiH3])C(Br)CCC. The van der Waals surface area contributed by atoms with Crippen molar-refractivity contribution in [2.45, 2.75) is 36.6 Å². The van der Waals surface area contributed by atoms with Crippen LogP contribution in [0.4, 0.5) is 0 Å². The van der Waals surface area contributed by atoms with Crippen LogP contribution in [0.5, 0.6) is 0 Å². The maximum absolute atomic E-state index is 3.74. The van der Waals surface area contributed by atoms with Crippen molar-refractivity contribution >= 4 is 26.2 Å². The molecule has 0 aliphatic heterocycles. The lowest BCUT2D eigenvalue weighted by molar-refractivity contribution is 0.700. The molecule has 0 aromatic heterocycles. The van der Waals surface area contributed by atoms with Crippen LogP contribution >= 0.6 is 15.9 Å². The maximum Gasteiger partial charge on any atom is 0.0144 e. The standard InChI is InChI=1S/C8H17BrSi/c1-3-5-7(9)8(10)6-4-2/h4,7-8H,2-3,5-6H2,1,10H3. The van der Waals surface area contributed by atoms with Gasteiger partial charge in [0.05, 0.1) is 0 Å². The zero-order valence-electron chi connectivity index (χ0n) is 6.94. The molecule has 0 amide bonds. The fraction of sp³-hybridized carbons (Fsp3) is 0.750. The van der Waals surface area contributed by atoms with Gasteiger partial charge in [-0.2, -0.15) is 0 Å². The van der Waals surface area contributed by atoms with Gasteiger partial charge in [-0.05, 0) is 18.4 Å². The first kappa shape index (κ1) is 10.4. The average molecular weight is 221 g/mol. The molecule has 0 heterocycles. The van der Waals surface area contributed by atoms with E-state index in [0.29, 0.717) is 0 Å². The molecule has 0 aliphatic rings. The van der Waals surface area contributed by atoms with Crippen LogP contribution in [0, 0.1) is 0 Å². The summed E-state index contributed by atoms with van der Waals surface area (Å²) in [5, 5.41) is 0. The smallest absolute Gasteiger partial charge is 0.0144 e. The first-order chi connectivity index (χ1) is 4.72. The Bertz CT molecular complexity index is 93.3. The lowest BCUT2D eigenvalue weighted by atomic mass is 10.1. The highest BCUT2D eigenvalue weighted by Crippen LogP contribution is 2.23. The van der Waals surface area contributed by atoms with Gasteiger partial charge in [-0.25, -0.2) is 0 Å². The van der Waals surface area contributed by atoms with Crippen LogP contribution in [0.2, 0.25) is 5.54 Å². The zero-order valence-corrected chi connectivity index (χ0v) is 10.5. The predicted molar refractivity (Wildman–Crippen MR) is 56.1 cm³/mol. The number of allylic oxidation sites excluding steroid dienone is 1. The average Bonchev–Trinajstić information content (AvgIpc) is 1.89. The van der Waals surface area contributed by atoms with E-state index in [-0.39, 0.29) is 0 Å². The molecule has 2 unspecified atom stereocenters. The fourth-order valence-electron chi connectivity index (χ4n) is 0.971. The van der Waals surface area contributed by atoms with Gasteiger partial charge in [-0.15, -0.1) is 6.58 Å². The Morgan fingerprint density at radius 1 is 1.70 bits per heavy atom. The van der Waals surface area contributed by atoms with E-state index >= 15 is 0 Å². The van der Waals surface area contributed by atoms with Crippen molar-refractivity contribution in [2.75, 3.05) is 0 Å². The third kappa shape index (κ3) is 4.28. The van der Waals surface area contributed by atoms with Gasteiger partial charge in [0.25, 0.3) is 0 Å². The number of hydrogen-bond acceptors (Lipinski definition) is 0. The predicted octanol–water partition coefficient (Wildman–Crippen LogP) is 2.28. The molecule has 0 aromatic carbocycles. The van der Waals surface area contributed by atoms with Crippen LogP contribution in [0.15, 0.2) is 12.7 Å². The molecule has 0 nitrogen and oxygen atoms in total.